The summed E-state index contributed by atoms with van der Waals surface area (Å²) in [4.78, 5) is 10.9. The molecule has 2 aromatic rings. The van der Waals surface area contributed by atoms with E-state index in [2.05, 4.69) is 64.0 Å². The van der Waals surface area contributed by atoms with Crippen molar-refractivity contribution in [2.45, 2.75) is 46.1 Å². The molecule has 0 fully saturated rings. The lowest BCUT2D eigenvalue weighted by molar-refractivity contribution is 0.202. The zero-order chi connectivity index (χ0) is 14.8. The third-order valence-electron chi connectivity index (χ3n) is 4.28. The minimum absolute atomic E-state index is 0.565. The number of imidazole rings is 1. The van der Waals surface area contributed by atoms with Crippen LogP contribution in [0.4, 0.5) is 0 Å². The molecule has 5 heteroatoms. The minimum atomic E-state index is 0.565. The number of rotatable bonds is 5. The summed E-state index contributed by atoms with van der Waals surface area (Å²) in [6.45, 7) is 9.62. The fourth-order valence-electron chi connectivity index (χ4n) is 2.70. The van der Waals surface area contributed by atoms with Crippen molar-refractivity contribution in [1.29, 1.82) is 0 Å². The molecule has 3 heterocycles. The van der Waals surface area contributed by atoms with E-state index < -0.39 is 0 Å². The number of aromatic nitrogens is 2. The Balaban J connectivity index is 1.66. The molecule has 0 aliphatic carbocycles. The van der Waals surface area contributed by atoms with Crippen molar-refractivity contribution in [2.75, 3.05) is 13.6 Å². The Morgan fingerprint density at radius 2 is 2.24 bits per heavy atom. The molecule has 0 amide bonds. The van der Waals surface area contributed by atoms with Gasteiger partial charge in [-0.15, -0.1) is 11.3 Å². The van der Waals surface area contributed by atoms with Gasteiger partial charge in [-0.3, -0.25) is 9.80 Å². The zero-order valence-corrected chi connectivity index (χ0v) is 13.9. The van der Waals surface area contributed by atoms with Gasteiger partial charge in [-0.2, -0.15) is 0 Å². The molecule has 0 N–H and O–H groups in total. The van der Waals surface area contributed by atoms with E-state index in [1.54, 1.807) is 0 Å². The molecular weight excluding hydrogens is 280 g/mol. The van der Waals surface area contributed by atoms with E-state index in [1.807, 2.05) is 11.3 Å². The van der Waals surface area contributed by atoms with Crippen LogP contribution in [0.15, 0.2) is 23.7 Å². The summed E-state index contributed by atoms with van der Waals surface area (Å²) in [6, 6.07) is 4.91. The summed E-state index contributed by atoms with van der Waals surface area (Å²) in [5, 5.41) is 2.15. The number of hydrogen-bond acceptors (Lipinski definition) is 4. The predicted octanol–water partition coefficient (Wildman–Crippen LogP) is 2.80. The summed E-state index contributed by atoms with van der Waals surface area (Å²) in [5.74, 6) is 1.21. The van der Waals surface area contributed by atoms with Gasteiger partial charge < -0.3 is 4.57 Å². The highest BCUT2D eigenvalue weighted by Crippen LogP contribution is 2.19. The molecule has 2 aromatic heterocycles. The second-order valence-corrected chi connectivity index (χ2v) is 7.15. The Labute approximate surface area is 131 Å². The maximum absolute atomic E-state index is 4.65. The van der Waals surface area contributed by atoms with Crippen molar-refractivity contribution in [3.8, 4) is 0 Å². The van der Waals surface area contributed by atoms with E-state index >= 15 is 0 Å². The third kappa shape index (κ3) is 3.36. The molecule has 0 spiro atoms. The van der Waals surface area contributed by atoms with Crippen LogP contribution in [0.5, 0.6) is 0 Å². The van der Waals surface area contributed by atoms with E-state index in [0.29, 0.717) is 6.04 Å². The Morgan fingerprint density at radius 3 is 2.95 bits per heavy atom. The van der Waals surface area contributed by atoms with Crippen LogP contribution in [0.1, 0.15) is 30.2 Å². The van der Waals surface area contributed by atoms with Crippen LogP contribution in [0, 0.1) is 0 Å². The van der Waals surface area contributed by atoms with Gasteiger partial charge in [0.15, 0.2) is 0 Å². The second-order valence-electron chi connectivity index (χ2n) is 6.12. The molecule has 1 aliphatic heterocycles. The smallest absolute Gasteiger partial charge is 0.123 e. The molecule has 0 aromatic carbocycles. The summed E-state index contributed by atoms with van der Waals surface area (Å²) < 4.78 is 2.41. The normalized spacial score (nSPS) is 15.9. The highest BCUT2D eigenvalue weighted by Gasteiger charge is 2.20. The van der Waals surface area contributed by atoms with Gasteiger partial charge in [0.25, 0.3) is 0 Å². The van der Waals surface area contributed by atoms with Crippen LogP contribution in [0.25, 0.3) is 0 Å². The van der Waals surface area contributed by atoms with Gasteiger partial charge >= 0.3 is 0 Å². The van der Waals surface area contributed by atoms with Gasteiger partial charge in [-0.1, -0.05) is 6.07 Å². The van der Waals surface area contributed by atoms with Crippen LogP contribution in [0.3, 0.4) is 0 Å². The summed E-state index contributed by atoms with van der Waals surface area (Å²) in [5.41, 5.74) is 1.34. The molecule has 21 heavy (non-hydrogen) atoms. The highest BCUT2D eigenvalue weighted by atomic mass is 32.1. The van der Waals surface area contributed by atoms with Crippen molar-refractivity contribution in [3.63, 3.8) is 0 Å². The Bertz CT molecular complexity index is 573. The maximum atomic E-state index is 4.65. The number of nitrogens with zero attached hydrogens (tertiary/aromatic N) is 4. The maximum Gasteiger partial charge on any atom is 0.123 e. The molecule has 0 atom stereocenters. The fraction of sp³-hybridized carbons (Fsp3) is 0.562. The van der Waals surface area contributed by atoms with E-state index in [9.17, 15) is 0 Å². The van der Waals surface area contributed by atoms with Crippen molar-refractivity contribution in [3.05, 3.63) is 40.1 Å². The van der Waals surface area contributed by atoms with E-state index in [0.717, 1.165) is 32.7 Å². The average molecular weight is 304 g/mol. The summed E-state index contributed by atoms with van der Waals surface area (Å²) in [6.07, 6.45) is 2.06. The standard InChI is InChI=1S/C16H24N4S/c1-13(2)18(3)10-14-9-17-16-12-19(6-7-20(14)16)11-15-5-4-8-21-15/h4-5,8-9,13H,6-7,10-12H2,1-3H3. The van der Waals surface area contributed by atoms with Gasteiger partial charge in [-0.25, -0.2) is 4.98 Å². The summed E-state index contributed by atoms with van der Waals surface area (Å²) in [7, 11) is 2.18. The summed E-state index contributed by atoms with van der Waals surface area (Å²) >= 11 is 1.84. The molecule has 1 aliphatic rings. The SMILES string of the molecule is CC(C)N(C)Cc1cnc2n1CCN(Cc1cccs1)C2. The first kappa shape index (κ1) is 14.8. The Hall–Kier alpha value is -1.17. The quantitative estimate of drug-likeness (QED) is 0.849. The van der Waals surface area contributed by atoms with Gasteiger partial charge in [0.05, 0.1) is 12.2 Å². The average Bonchev–Trinajstić information content (AvgIpc) is 3.09. The fourth-order valence-corrected chi connectivity index (χ4v) is 3.44. The first-order valence-electron chi connectivity index (χ1n) is 7.61. The number of fused-ring (bicyclic) bond motifs is 1. The van der Waals surface area contributed by atoms with Crippen molar-refractivity contribution >= 4 is 11.3 Å². The lowest BCUT2D eigenvalue weighted by atomic mass is 10.3. The van der Waals surface area contributed by atoms with Crippen LogP contribution < -0.4 is 0 Å². The van der Waals surface area contributed by atoms with E-state index in [4.69, 9.17) is 0 Å². The molecule has 114 valence electrons. The van der Waals surface area contributed by atoms with Gasteiger partial charge in [0.2, 0.25) is 0 Å². The van der Waals surface area contributed by atoms with Gasteiger partial charge in [0, 0.05) is 43.3 Å². The van der Waals surface area contributed by atoms with Crippen LogP contribution in [-0.2, 0) is 26.2 Å². The molecular formula is C16H24N4S. The Morgan fingerprint density at radius 1 is 1.38 bits per heavy atom. The van der Waals surface area contributed by atoms with Gasteiger partial charge in [-0.05, 0) is 32.3 Å². The molecule has 0 radical (unpaired) electrons. The second kappa shape index (κ2) is 6.30. The molecule has 3 rings (SSSR count). The predicted molar refractivity (Wildman–Crippen MR) is 87.3 cm³/mol. The molecule has 0 saturated heterocycles. The number of hydrogen-bond donors (Lipinski definition) is 0. The molecule has 0 saturated carbocycles. The first-order valence-corrected chi connectivity index (χ1v) is 8.49. The highest BCUT2D eigenvalue weighted by molar-refractivity contribution is 7.09. The third-order valence-corrected chi connectivity index (χ3v) is 5.14. The van der Waals surface area contributed by atoms with Crippen LogP contribution in [-0.4, -0.2) is 39.0 Å². The van der Waals surface area contributed by atoms with Crippen molar-refractivity contribution < 1.29 is 0 Å². The Kier molecular flexibility index (Phi) is 4.42. The molecule has 0 unspecified atom stereocenters. The monoisotopic (exact) mass is 304 g/mol. The number of thiophene rings is 1. The van der Waals surface area contributed by atoms with E-state index in [1.165, 1.54) is 16.4 Å². The topological polar surface area (TPSA) is 24.3 Å². The van der Waals surface area contributed by atoms with Crippen LogP contribution in [0.2, 0.25) is 0 Å². The first-order chi connectivity index (χ1) is 10.1. The van der Waals surface area contributed by atoms with E-state index in [-0.39, 0.29) is 0 Å². The van der Waals surface area contributed by atoms with Gasteiger partial charge in [0.1, 0.15) is 5.82 Å². The lowest BCUT2D eigenvalue weighted by Crippen LogP contribution is -2.34. The lowest BCUT2D eigenvalue weighted by Gasteiger charge is -2.29. The largest absolute Gasteiger partial charge is 0.328 e. The van der Waals surface area contributed by atoms with Crippen molar-refractivity contribution in [2.24, 2.45) is 0 Å². The van der Waals surface area contributed by atoms with Crippen molar-refractivity contribution in [1.82, 2.24) is 19.4 Å². The van der Waals surface area contributed by atoms with Crippen LogP contribution >= 0.6 is 11.3 Å². The molecule has 4 nitrogen and oxygen atoms in total. The zero-order valence-electron chi connectivity index (χ0n) is 13.1. The minimum Gasteiger partial charge on any atom is -0.328 e. The molecule has 0 bridgehead atoms.